The van der Waals surface area contributed by atoms with E-state index in [2.05, 4.69) is 21.0 Å². The number of Topliss-reactive ketones (excluding diaryl/α,β-unsaturated/α-hetero) is 1. The van der Waals surface area contributed by atoms with Gasteiger partial charge in [0.2, 0.25) is 11.8 Å². The molecule has 7 heteroatoms. The number of carbonyl (C=O) groups is 3. The van der Waals surface area contributed by atoms with Crippen molar-refractivity contribution >= 4 is 45.4 Å². The lowest BCUT2D eigenvalue weighted by molar-refractivity contribution is -0.124. The van der Waals surface area contributed by atoms with Gasteiger partial charge in [-0.3, -0.25) is 19.4 Å². The summed E-state index contributed by atoms with van der Waals surface area (Å²) in [5.74, 6) is -2.39. The molecular weight excluding hydrogens is 482 g/mol. The van der Waals surface area contributed by atoms with Crippen LogP contribution in [0.25, 0.3) is 0 Å². The molecule has 6 nitrogen and oxygen atoms in total. The number of imide groups is 1. The summed E-state index contributed by atoms with van der Waals surface area (Å²) in [6, 6.07) is 22.4. The lowest BCUT2D eigenvalue weighted by Crippen LogP contribution is -2.44. The maximum absolute atomic E-state index is 13.8. The predicted molar refractivity (Wildman–Crippen MR) is 127 cm³/mol. The largest absolute Gasteiger partial charge is 0.292 e. The minimum absolute atomic E-state index is 0.207. The van der Waals surface area contributed by atoms with Crippen molar-refractivity contribution in [3.63, 3.8) is 0 Å². The number of ketones is 1. The summed E-state index contributed by atoms with van der Waals surface area (Å²) in [4.78, 5) is 42.5. The first-order valence-corrected chi connectivity index (χ1v) is 11.5. The molecule has 3 aliphatic heterocycles. The fourth-order valence-corrected chi connectivity index (χ4v) is 5.70. The normalized spacial score (nSPS) is 25.1. The Kier molecular flexibility index (Phi) is 4.55. The summed E-state index contributed by atoms with van der Waals surface area (Å²) in [6.45, 7) is 0. The molecule has 4 atom stereocenters. The van der Waals surface area contributed by atoms with Crippen molar-refractivity contribution in [3.05, 3.63) is 100 Å². The summed E-state index contributed by atoms with van der Waals surface area (Å²) < 4.78 is 0.767. The van der Waals surface area contributed by atoms with Crippen LogP contribution in [-0.2, 0) is 9.59 Å². The third kappa shape index (κ3) is 2.92. The number of anilines is 1. The number of rotatable bonds is 3. The monoisotopic (exact) mass is 499 g/mol. The number of carbonyl (C=O) groups excluding carboxylic acids is 3. The summed E-state index contributed by atoms with van der Waals surface area (Å²) in [5.41, 5.74) is 2.80. The summed E-state index contributed by atoms with van der Waals surface area (Å²) in [5, 5.41) is 6.26. The van der Waals surface area contributed by atoms with Crippen molar-refractivity contribution in [2.75, 3.05) is 4.90 Å². The Balaban J connectivity index is 1.51. The Hall–Kier alpha value is -3.58. The number of benzene rings is 3. The third-order valence-corrected chi connectivity index (χ3v) is 7.18. The topological polar surface area (TPSA) is 70.0 Å². The Labute approximate surface area is 198 Å². The van der Waals surface area contributed by atoms with E-state index in [0.717, 1.165) is 15.6 Å². The van der Waals surface area contributed by atoms with Crippen LogP contribution in [0.1, 0.15) is 27.5 Å². The van der Waals surface area contributed by atoms with Crippen molar-refractivity contribution in [2.45, 2.75) is 12.1 Å². The molecule has 0 aromatic heterocycles. The molecule has 162 valence electrons. The molecule has 0 aliphatic carbocycles. The summed E-state index contributed by atoms with van der Waals surface area (Å²) in [7, 11) is 0. The maximum atomic E-state index is 13.8. The van der Waals surface area contributed by atoms with E-state index >= 15 is 0 Å². The molecule has 1 unspecified atom stereocenters. The van der Waals surface area contributed by atoms with Gasteiger partial charge in [0.15, 0.2) is 5.78 Å². The quantitative estimate of drug-likeness (QED) is 0.399. The second-order valence-electron chi connectivity index (χ2n) is 8.42. The number of halogens is 1. The van der Waals surface area contributed by atoms with E-state index in [9.17, 15) is 14.4 Å². The van der Waals surface area contributed by atoms with Crippen molar-refractivity contribution in [3.8, 4) is 0 Å². The lowest BCUT2D eigenvalue weighted by Gasteiger charge is -2.33. The molecule has 3 aromatic rings. The van der Waals surface area contributed by atoms with Gasteiger partial charge in [0.25, 0.3) is 0 Å². The molecule has 2 amide bonds. The smallest absolute Gasteiger partial charge is 0.240 e. The minimum Gasteiger partial charge on any atom is -0.292 e. The average molecular weight is 500 g/mol. The molecule has 0 saturated carbocycles. The van der Waals surface area contributed by atoms with Crippen molar-refractivity contribution < 1.29 is 14.4 Å². The second-order valence-corrected chi connectivity index (χ2v) is 9.33. The van der Waals surface area contributed by atoms with Crippen LogP contribution < -0.4 is 4.90 Å². The van der Waals surface area contributed by atoms with Crippen LogP contribution >= 0.6 is 15.9 Å². The van der Waals surface area contributed by atoms with E-state index in [1.54, 1.807) is 53.7 Å². The number of nitrogens with zero attached hydrogens (tertiary/aromatic N) is 3. The summed E-state index contributed by atoms with van der Waals surface area (Å²) >= 11 is 3.42. The maximum Gasteiger partial charge on any atom is 0.240 e. The van der Waals surface area contributed by atoms with Crippen molar-refractivity contribution in [1.82, 2.24) is 5.01 Å². The van der Waals surface area contributed by atoms with Gasteiger partial charge in [-0.15, -0.1) is 0 Å². The van der Waals surface area contributed by atoms with Gasteiger partial charge in [-0.25, -0.2) is 4.90 Å². The number of fused-ring (bicyclic) bond motifs is 5. The van der Waals surface area contributed by atoms with E-state index < -0.39 is 23.9 Å². The highest BCUT2D eigenvalue weighted by Gasteiger charge is 2.65. The second kappa shape index (κ2) is 7.49. The van der Waals surface area contributed by atoms with E-state index in [-0.39, 0.29) is 17.6 Å². The Morgan fingerprint density at radius 2 is 1.58 bits per heavy atom. The lowest BCUT2D eigenvalue weighted by atomic mass is 9.83. The van der Waals surface area contributed by atoms with Gasteiger partial charge in [0.05, 0.1) is 29.8 Å². The Bertz CT molecular complexity index is 1340. The van der Waals surface area contributed by atoms with Gasteiger partial charge in [-0.1, -0.05) is 76.6 Å². The highest BCUT2D eigenvalue weighted by atomic mass is 79.9. The molecular formula is C26H18BrN3O3. The molecule has 0 radical (unpaired) electrons. The van der Waals surface area contributed by atoms with Gasteiger partial charge < -0.3 is 0 Å². The van der Waals surface area contributed by atoms with Gasteiger partial charge in [0.1, 0.15) is 6.04 Å². The Morgan fingerprint density at radius 3 is 2.36 bits per heavy atom. The summed E-state index contributed by atoms with van der Waals surface area (Å²) in [6.07, 6.45) is 1.71. The number of amides is 2. The molecule has 3 aromatic carbocycles. The van der Waals surface area contributed by atoms with Crippen molar-refractivity contribution in [2.24, 2.45) is 16.9 Å². The van der Waals surface area contributed by atoms with Gasteiger partial charge in [-0.2, -0.15) is 5.10 Å². The van der Waals surface area contributed by atoms with E-state index in [1.165, 1.54) is 4.90 Å². The van der Waals surface area contributed by atoms with E-state index in [1.807, 2.05) is 36.4 Å². The number of hydrogen-bond donors (Lipinski definition) is 0. The first-order valence-electron chi connectivity index (χ1n) is 10.7. The average Bonchev–Trinajstić information content (AvgIpc) is 3.32. The molecule has 0 N–H and O–H groups in total. The fraction of sp³-hybridized carbons (Fsp3) is 0.154. The van der Waals surface area contributed by atoms with Crippen LogP contribution in [0.5, 0.6) is 0 Å². The molecule has 2 fully saturated rings. The first kappa shape index (κ1) is 20.1. The standard InChI is InChI=1S/C26H18BrN3O3/c27-17-10-6-11-18(13-17)29-25(32)20-21(26(29)33)23(24(31)15-7-2-1-3-8-15)30-22(20)19-12-5-4-9-16(19)14-28-30/h1-14,20-23H/t20-,21+,22?,23-/m0/s1. The third-order valence-electron chi connectivity index (χ3n) is 6.69. The first-order chi connectivity index (χ1) is 16.1. The van der Waals surface area contributed by atoms with Gasteiger partial charge in [0, 0.05) is 10.0 Å². The molecule has 0 spiro atoms. The van der Waals surface area contributed by atoms with Crippen LogP contribution in [0.3, 0.4) is 0 Å². The highest BCUT2D eigenvalue weighted by molar-refractivity contribution is 9.10. The van der Waals surface area contributed by atoms with Gasteiger partial charge >= 0.3 is 0 Å². The molecule has 6 rings (SSSR count). The molecule has 2 saturated heterocycles. The zero-order chi connectivity index (χ0) is 22.7. The molecule has 33 heavy (non-hydrogen) atoms. The fourth-order valence-electron chi connectivity index (χ4n) is 5.31. The van der Waals surface area contributed by atoms with E-state index in [4.69, 9.17) is 0 Å². The zero-order valence-electron chi connectivity index (χ0n) is 17.3. The van der Waals surface area contributed by atoms with E-state index in [0.29, 0.717) is 11.3 Å². The van der Waals surface area contributed by atoms with Crippen LogP contribution in [0.15, 0.2) is 88.4 Å². The highest BCUT2D eigenvalue weighted by Crippen LogP contribution is 2.53. The minimum atomic E-state index is -0.861. The van der Waals surface area contributed by atoms with Crippen LogP contribution in [0.2, 0.25) is 0 Å². The Morgan fingerprint density at radius 1 is 0.848 bits per heavy atom. The van der Waals surface area contributed by atoms with Crippen LogP contribution in [0, 0.1) is 11.8 Å². The van der Waals surface area contributed by atoms with Gasteiger partial charge in [-0.05, 0) is 29.3 Å². The molecule has 0 bridgehead atoms. The number of hydrazone groups is 1. The molecule has 3 aliphatic rings. The van der Waals surface area contributed by atoms with Crippen LogP contribution in [-0.4, -0.2) is 34.9 Å². The number of hydrogen-bond acceptors (Lipinski definition) is 5. The predicted octanol–water partition coefficient (Wildman–Crippen LogP) is 4.21. The van der Waals surface area contributed by atoms with Crippen molar-refractivity contribution in [1.29, 1.82) is 0 Å². The van der Waals surface area contributed by atoms with Crippen LogP contribution in [0.4, 0.5) is 5.69 Å². The SMILES string of the molecule is O=C(c1ccccc1)[C@@H]1[C@@H]2C(=O)N(c3cccc(Br)c3)C(=O)[C@@H]2C2c3ccccc3C=NN21. The zero-order valence-corrected chi connectivity index (χ0v) is 18.9. The molecule has 3 heterocycles.